The molecule has 0 spiro atoms. The number of nitrogens with zero attached hydrogens (tertiary/aromatic N) is 3. The van der Waals surface area contributed by atoms with E-state index in [4.69, 9.17) is 0 Å². The molecule has 0 radical (unpaired) electrons. The second-order valence-electron chi connectivity index (χ2n) is 4.20. The lowest BCUT2D eigenvalue weighted by molar-refractivity contribution is -0.140. The predicted octanol–water partition coefficient (Wildman–Crippen LogP) is 3.23. The van der Waals surface area contributed by atoms with Crippen LogP contribution >= 0.6 is 0 Å². The third-order valence-electron chi connectivity index (χ3n) is 2.59. The molecular weight excluding hydrogens is 255 g/mol. The molecule has 6 heteroatoms. The van der Waals surface area contributed by atoms with Crippen molar-refractivity contribution in [3.05, 3.63) is 42.4 Å². The van der Waals surface area contributed by atoms with Gasteiger partial charge >= 0.3 is 6.18 Å². The third kappa shape index (κ3) is 2.83. The fraction of sp³-hybridized carbons (Fsp3) is 0.231. The van der Waals surface area contributed by atoms with Crippen molar-refractivity contribution in [3.8, 4) is 11.1 Å². The van der Waals surface area contributed by atoms with Gasteiger partial charge in [0.15, 0.2) is 5.69 Å². The molecule has 0 aromatic carbocycles. The molecule has 0 saturated heterocycles. The molecule has 2 aromatic rings. The van der Waals surface area contributed by atoms with Crippen molar-refractivity contribution in [1.29, 1.82) is 0 Å². The van der Waals surface area contributed by atoms with Gasteiger partial charge in [-0.3, -0.25) is 4.98 Å². The molecule has 19 heavy (non-hydrogen) atoms. The topological polar surface area (TPSA) is 29.0 Å². The first-order valence-corrected chi connectivity index (χ1v) is 5.55. The standard InChI is InChI=1S/C13H12F3N3/c1-19(2)11-6-5-9(8-18-11)10-4-3-7-17-12(10)13(14,15)16/h3-8H,1-2H3. The van der Waals surface area contributed by atoms with Crippen LogP contribution in [0.2, 0.25) is 0 Å². The van der Waals surface area contributed by atoms with Gasteiger partial charge in [0.1, 0.15) is 5.82 Å². The molecule has 0 atom stereocenters. The van der Waals surface area contributed by atoms with Crippen molar-refractivity contribution in [2.45, 2.75) is 6.18 Å². The summed E-state index contributed by atoms with van der Waals surface area (Å²) in [7, 11) is 3.63. The number of alkyl halides is 3. The maximum Gasteiger partial charge on any atom is 0.433 e. The Kier molecular flexibility index (Phi) is 3.42. The van der Waals surface area contributed by atoms with Gasteiger partial charge in [0.25, 0.3) is 0 Å². The van der Waals surface area contributed by atoms with Crippen molar-refractivity contribution in [1.82, 2.24) is 9.97 Å². The molecule has 2 rings (SSSR count). The Labute approximate surface area is 108 Å². The van der Waals surface area contributed by atoms with E-state index in [9.17, 15) is 13.2 Å². The lowest BCUT2D eigenvalue weighted by Gasteiger charge is -2.13. The summed E-state index contributed by atoms with van der Waals surface area (Å²) in [6.07, 6.45) is -1.92. The van der Waals surface area contributed by atoms with E-state index in [1.165, 1.54) is 18.3 Å². The number of hydrogen-bond acceptors (Lipinski definition) is 3. The van der Waals surface area contributed by atoms with Crippen LogP contribution in [0.3, 0.4) is 0 Å². The van der Waals surface area contributed by atoms with E-state index >= 15 is 0 Å². The van der Waals surface area contributed by atoms with Crippen LogP contribution in [-0.2, 0) is 6.18 Å². The summed E-state index contributed by atoms with van der Waals surface area (Å²) < 4.78 is 38.6. The van der Waals surface area contributed by atoms with Crippen LogP contribution in [0.15, 0.2) is 36.7 Å². The zero-order valence-electron chi connectivity index (χ0n) is 10.4. The molecule has 0 aliphatic rings. The summed E-state index contributed by atoms with van der Waals surface area (Å²) in [6.45, 7) is 0. The van der Waals surface area contributed by atoms with Crippen molar-refractivity contribution in [2.75, 3.05) is 19.0 Å². The molecule has 0 fully saturated rings. The normalized spacial score (nSPS) is 11.4. The number of rotatable bonds is 2. The predicted molar refractivity (Wildman–Crippen MR) is 66.8 cm³/mol. The highest BCUT2D eigenvalue weighted by Gasteiger charge is 2.35. The smallest absolute Gasteiger partial charge is 0.363 e. The quantitative estimate of drug-likeness (QED) is 0.836. The second-order valence-corrected chi connectivity index (χ2v) is 4.20. The van der Waals surface area contributed by atoms with E-state index in [1.54, 1.807) is 17.0 Å². The summed E-state index contributed by atoms with van der Waals surface area (Å²) in [5.41, 5.74) is -0.465. The molecule has 0 bridgehead atoms. The van der Waals surface area contributed by atoms with Crippen LogP contribution in [0.25, 0.3) is 11.1 Å². The van der Waals surface area contributed by atoms with Crippen molar-refractivity contribution in [2.24, 2.45) is 0 Å². The van der Waals surface area contributed by atoms with Crippen LogP contribution in [-0.4, -0.2) is 24.1 Å². The van der Waals surface area contributed by atoms with Crippen LogP contribution in [0.5, 0.6) is 0 Å². The van der Waals surface area contributed by atoms with Gasteiger partial charge in [-0.1, -0.05) is 6.07 Å². The Morgan fingerprint density at radius 2 is 1.79 bits per heavy atom. The van der Waals surface area contributed by atoms with E-state index in [1.807, 2.05) is 14.1 Å². The molecule has 3 nitrogen and oxygen atoms in total. The van der Waals surface area contributed by atoms with Gasteiger partial charge in [-0.05, 0) is 18.2 Å². The zero-order chi connectivity index (χ0) is 14.0. The highest BCUT2D eigenvalue weighted by atomic mass is 19.4. The van der Waals surface area contributed by atoms with Crippen LogP contribution in [0.1, 0.15) is 5.69 Å². The Morgan fingerprint density at radius 1 is 1.05 bits per heavy atom. The first-order valence-electron chi connectivity index (χ1n) is 5.55. The second kappa shape index (κ2) is 4.87. The van der Waals surface area contributed by atoms with Crippen molar-refractivity contribution < 1.29 is 13.2 Å². The average Bonchev–Trinajstić information content (AvgIpc) is 2.38. The summed E-state index contributed by atoms with van der Waals surface area (Å²) in [4.78, 5) is 9.30. The Morgan fingerprint density at radius 3 is 2.32 bits per heavy atom. The first-order chi connectivity index (χ1) is 8.89. The van der Waals surface area contributed by atoms with Gasteiger partial charge in [-0.25, -0.2) is 4.98 Å². The molecule has 0 N–H and O–H groups in total. The van der Waals surface area contributed by atoms with Crippen molar-refractivity contribution in [3.63, 3.8) is 0 Å². The lowest BCUT2D eigenvalue weighted by Crippen LogP contribution is -2.11. The Hall–Kier alpha value is -2.11. The van der Waals surface area contributed by atoms with Crippen LogP contribution in [0.4, 0.5) is 19.0 Å². The molecule has 100 valence electrons. The minimum atomic E-state index is -4.48. The van der Waals surface area contributed by atoms with Gasteiger partial charge in [0, 0.05) is 37.6 Å². The zero-order valence-corrected chi connectivity index (χ0v) is 10.4. The Bertz CT molecular complexity index is 562. The SMILES string of the molecule is CN(C)c1ccc(-c2cccnc2C(F)(F)F)cn1. The number of halogens is 3. The molecule has 2 heterocycles. The van der Waals surface area contributed by atoms with Gasteiger partial charge in [0.2, 0.25) is 0 Å². The van der Waals surface area contributed by atoms with E-state index in [0.717, 1.165) is 6.20 Å². The van der Waals surface area contributed by atoms with E-state index < -0.39 is 11.9 Å². The maximum atomic E-state index is 12.9. The molecule has 0 unspecified atom stereocenters. The number of anilines is 1. The molecular formula is C13H12F3N3. The molecule has 0 aliphatic carbocycles. The largest absolute Gasteiger partial charge is 0.433 e. The highest BCUT2D eigenvalue weighted by molar-refractivity contribution is 5.66. The number of hydrogen-bond donors (Lipinski definition) is 0. The van der Waals surface area contributed by atoms with Gasteiger partial charge in [0.05, 0.1) is 0 Å². The average molecular weight is 267 g/mol. The van der Waals surface area contributed by atoms with Gasteiger partial charge in [-0.2, -0.15) is 13.2 Å². The van der Waals surface area contributed by atoms with E-state index in [0.29, 0.717) is 11.4 Å². The maximum absolute atomic E-state index is 12.9. The van der Waals surface area contributed by atoms with E-state index in [-0.39, 0.29) is 5.56 Å². The highest BCUT2D eigenvalue weighted by Crippen LogP contribution is 2.35. The fourth-order valence-corrected chi connectivity index (χ4v) is 1.67. The minimum absolute atomic E-state index is 0.0350. The van der Waals surface area contributed by atoms with Crippen molar-refractivity contribution >= 4 is 5.82 Å². The first kappa shape index (κ1) is 13.3. The summed E-state index contributed by atoms with van der Waals surface area (Å²) in [5, 5.41) is 0. The number of pyridine rings is 2. The van der Waals surface area contributed by atoms with Gasteiger partial charge in [-0.15, -0.1) is 0 Å². The monoisotopic (exact) mass is 267 g/mol. The fourth-order valence-electron chi connectivity index (χ4n) is 1.67. The molecule has 0 saturated carbocycles. The number of aromatic nitrogens is 2. The minimum Gasteiger partial charge on any atom is -0.363 e. The summed E-state index contributed by atoms with van der Waals surface area (Å²) in [5.74, 6) is 0.682. The van der Waals surface area contributed by atoms with Crippen LogP contribution < -0.4 is 4.90 Å². The lowest BCUT2D eigenvalue weighted by atomic mass is 10.1. The molecule has 0 amide bonds. The Balaban J connectivity index is 2.48. The summed E-state index contributed by atoms with van der Waals surface area (Å²) in [6, 6.07) is 6.14. The summed E-state index contributed by atoms with van der Waals surface area (Å²) >= 11 is 0. The van der Waals surface area contributed by atoms with Crippen LogP contribution in [0, 0.1) is 0 Å². The third-order valence-corrected chi connectivity index (χ3v) is 2.59. The van der Waals surface area contributed by atoms with Gasteiger partial charge < -0.3 is 4.90 Å². The molecule has 0 aliphatic heterocycles. The molecule has 2 aromatic heterocycles. The van der Waals surface area contributed by atoms with E-state index in [2.05, 4.69) is 9.97 Å².